The van der Waals surface area contributed by atoms with E-state index in [0.717, 1.165) is 39.9 Å². The molecule has 1 aromatic carbocycles. The summed E-state index contributed by atoms with van der Waals surface area (Å²) in [5.41, 5.74) is 3.91. The standard InChI is InChI=1S/C25H26N2O4/c1-15(2)26-22(28)14-31-25(29)23-19-8-4-5-9-21(19)27-24-17(11-16(3)12-20(23)24)13-18-7-6-10-30-18/h4-10,13,15-16H,11-12,14H2,1-3H3,(H,26,28)/b17-13-/t16-/m0/s1. The van der Waals surface area contributed by atoms with E-state index in [1.165, 1.54) is 0 Å². The Morgan fingerprint density at radius 2 is 2.03 bits per heavy atom. The first kappa shape index (κ1) is 20.8. The van der Waals surface area contributed by atoms with E-state index < -0.39 is 5.97 Å². The Labute approximate surface area is 181 Å². The predicted octanol–water partition coefficient (Wildman–Crippen LogP) is 4.63. The van der Waals surface area contributed by atoms with Crippen molar-refractivity contribution in [2.45, 2.75) is 39.7 Å². The molecule has 1 atom stereocenters. The number of hydrogen-bond donors (Lipinski definition) is 1. The lowest BCUT2D eigenvalue weighted by atomic mass is 9.81. The smallest absolute Gasteiger partial charge is 0.339 e. The van der Waals surface area contributed by atoms with Crippen molar-refractivity contribution in [1.29, 1.82) is 0 Å². The van der Waals surface area contributed by atoms with Gasteiger partial charge in [0.1, 0.15) is 5.76 Å². The molecule has 1 aliphatic carbocycles. The minimum Gasteiger partial charge on any atom is -0.465 e. The summed E-state index contributed by atoms with van der Waals surface area (Å²) in [4.78, 5) is 30.1. The number of rotatable bonds is 5. The molecule has 3 aromatic rings. The van der Waals surface area contributed by atoms with E-state index in [2.05, 4.69) is 12.2 Å². The molecule has 0 saturated heterocycles. The average Bonchev–Trinajstić information content (AvgIpc) is 3.23. The second-order valence-corrected chi connectivity index (χ2v) is 8.33. The van der Waals surface area contributed by atoms with Gasteiger partial charge in [0.05, 0.1) is 23.0 Å². The Bertz CT molecular complexity index is 1150. The van der Waals surface area contributed by atoms with Crippen LogP contribution in [0.4, 0.5) is 0 Å². The van der Waals surface area contributed by atoms with Crippen LogP contribution < -0.4 is 5.32 Å². The van der Waals surface area contributed by atoms with Gasteiger partial charge in [-0.1, -0.05) is 25.1 Å². The van der Waals surface area contributed by atoms with E-state index in [1.807, 2.05) is 56.3 Å². The van der Waals surface area contributed by atoms with Crippen LogP contribution in [0.1, 0.15) is 54.6 Å². The zero-order valence-corrected chi connectivity index (χ0v) is 18.0. The lowest BCUT2D eigenvalue weighted by Gasteiger charge is -2.26. The van der Waals surface area contributed by atoms with Crippen molar-refractivity contribution in [3.05, 3.63) is 65.2 Å². The van der Waals surface area contributed by atoms with Crippen LogP contribution in [0, 0.1) is 5.92 Å². The molecule has 1 N–H and O–H groups in total. The molecule has 0 spiro atoms. The summed E-state index contributed by atoms with van der Waals surface area (Å²) >= 11 is 0. The molecule has 2 aromatic heterocycles. The monoisotopic (exact) mass is 418 g/mol. The number of carbonyl (C=O) groups excluding carboxylic acids is 2. The second-order valence-electron chi connectivity index (χ2n) is 8.33. The highest BCUT2D eigenvalue weighted by Crippen LogP contribution is 2.38. The maximum atomic E-state index is 13.2. The minimum atomic E-state index is -0.500. The van der Waals surface area contributed by atoms with Crippen LogP contribution in [0.25, 0.3) is 22.6 Å². The first-order valence-electron chi connectivity index (χ1n) is 10.5. The number of nitrogens with one attached hydrogen (secondary N) is 1. The molecule has 6 heteroatoms. The van der Waals surface area contributed by atoms with Gasteiger partial charge in [-0.2, -0.15) is 0 Å². The third-order valence-electron chi connectivity index (χ3n) is 5.27. The summed E-state index contributed by atoms with van der Waals surface area (Å²) in [6.07, 6.45) is 5.18. The number of allylic oxidation sites excluding steroid dienone is 1. The number of fused-ring (bicyclic) bond motifs is 2. The molecular formula is C25H26N2O4. The van der Waals surface area contributed by atoms with Crippen molar-refractivity contribution in [3.63, 3.8) is 0 Å². The van der Waals surface area contributed by atoms with E-state index in [4.69, 9.17) is 14.1 Å². The van der Waals surface area contributed by atoms with E-state index in [1.54, 1.807) is 6.26 Å². The van der Waals surface area contributed by atoms with Gasteiger partial charge in [-0.3, -0.25) is 4.79 Å². The zero-order chi connectivity index (χ0) is 22.0. The highest BCUT2D eigenvalue weighted by molar-refractivity contribution is 6.07. The Hall–Kier alpha value is -3.41. The van der Waals surface area contributed by atoms with Gasteiger partial charge in [-0.25, -0.2) is 9.78 Å². The number of pyridine rings is 1. The molecule has 4 rings (SSSR count). The molecule has 31 heavy (non-hydrogen) atoms. The van der Waals surface area contributed by atoms with Gasteiger partial charge in [0, 0.05) is 11.4 Å². The van der Waals surface area contributed by atoms with Crippen molar-refractivity contribution in [3.8, 4) is 0 Å². The summed E-state index contributed by atoms with van der Waals surface area (Å²) in [5, 5.41) is 3.48. The summed E-state index contributed by atoms with van der Waals surface area (Å²) < 4.78 is 10.9. The molecular weight excluding hydrogens is 392 g/mol. The fraction of sp³-hybridized carbons (Fsp3) is 0.320. The number of benzene rings is 1. The Kier molecular flexibility index (Phi) is 5.89. The molecule has 0 fully saturated rings. The lowest BCUT2D eigenvalue weighted by molar-refractivity contribution is -0.124. The fourth-order valence-electron chi connectivity index (χ4n) is 4.08. The van der Waals surface area contributed by atoms with Crippen LogP contribution in [0.5, 0.6) is 0 Å². The van der Waals surface area contributed by atoms with Crippen LogP contribution in [0.2, 0.25) is 0 Å². The predicted molar refractivity (Wildman–Crippen MR) is 119 cm³/mol. The van der Waals surface area contributed by atoms with Gasteiger partial charge in [0.2, 0.25) is 0 Å². The SMILES string of the molecule is CC(C)NC(=O)COC(=O)c1c2c(nc3ccccc13)/C(=C\c1ccco1)C[C@H](C)C2. The highest BCUT2D eigenvalue weighted by atomic mass is 16.5. The molecule has 2 heterocycles. The van der Waals surface area contributed by atoms with Crippen molar-refractivity contribution in [2.24, 2.45) is 5.92 Å². The van der Waals surface area contributed by atoms with Crippen molar-refractivity contribution in [1.82, 2.24) is 10.3 Å². The Morgan fingerprint density at radius 1 is 1.23 bits per heavy atom. The van der Waals surface area contributed by atoms with Gasteiger partial charge in [-0.05, 0) is 68.0 Å². The number of amides is 1. The molecule has 160 valence electrons. The molecule has 1 aliphatic rings. The summed E-state index contributed by atoms with van der Waals surface area (Å²) in [7, 11) is 0. The third kappa shape index (κ3) is 4.53. The van der Waals surface area contributed by atoms with Crippen LogP contribution in [-0.4, -0.2) is 29.5 Å². The molecule has 0 radical (unpaired) electrons. The Balaban J connectivity index is 1.79. The number of para-hydroxylation sites is 1. The summed E-state index contributed by atoms with van der Waals surface area (Å²) in [6, 6.07) is 11.3. The largest absolute Gasteiger partial charge is 0.465 e. The van der Waals surface area contributed by atoms with Crippen LogP contribution >= 0.6 is 0 Å². The number of nitrogens with zero attached hydrogens (tertiary/aromatic N) is 1. The number of carbonyl (C=O) groups is 2. The number of hydrogen-bond acceptors (Lipinski definition) is 5. The van der Waals surface area contributed by atoms with Crippen molar-refractivity contribution < 1.29 is 18.7 Å². The zero-order valence-electron chi connectivity index (χ0n) is 18.0. The molecule has 0 bridgehead atoms. The van der Waals surface area contributed by atoms with Gasteiger partial charge in [-0.15, -0.1) is 0 Å². The maximum Gasteiger partial charge on any atom is 0.339 e. The van der Waals surface area contributed by atoms with Crippen molar-refractivity contribution in [2.75, 3.05) is 6.61 Å². The van der Waals surface area contributed by atoms with E-state index in [-0.39, 0.29) is 18.6 Å². The van der Waals surface area contributed by atoms with E-state index in [0.29, 0.717) is 17.9 Å². The van der Waals surface area contributed by atoms with Gasteiger partial charge in [0.25, 0.3) is 5.91 Å². The topological polar surface area (TPSA) is 81.4 Å². The Morgan fingerprint density at radius 3 is 2.77 bits per heavy atom. The first-order chi connectivity index (χ1) is 14.9. The normalized spacial score (nSPS) is 17.0. The number of esters is 1. The van der Waals surface area contributed by atoms with E-state index in [9.17, 15) is 9.59 Å². The molecule has 0 aliphatic heterocycles. The number of furan rings is 1. The fourth-order valence-corrected chi connectivity index (χ4v) is 4.08. The molecule has 6 nitrogen and oxygen atoms in total. The summed E-state index contributed by atoms with van der Waals surface area (Å²) in [5.74, 6) is 0.259. The second kappa shape index (κ2) is 8.76. The van der Waals surface area contributed by atoms with Crippen LogP contribution in [0.3, 0.4) is 0 Å². The van der Waals surface area contributed by atoms with Gasteiger partial charge >= 0.3 is 5.97 Å². The highest BCUT2D eigenvalue weighted by Gasteiger charge is 2.29. The molecule has 0 unspecified atom stereocenters. The minimum absolute atomic E-state index is 0.0177. The van der Waals surface area contributed by atoms with Crippen LogP contribution in [0.15, 0.2) is 47.1 Å². The molecule has 1 amide bonds. The van der Waals surface area contributed by atoms with Crippen molar-refractivity contribution >= 4 is 34.4 Å². The quantitative estimate of drug-likeness (QED) is 0.611. The van der Waals surface area contributed by atoms with Gasteiger partial charge in [0.15, 0.2) is 6.61 Å². The van der Waals surface area contributed by atoms with E-state index >= 15 is 0 Å². The molecule has 0 saturated carbocycles. The summed E-state index contributed by atoms with van der Waals surface area (Å²) in [6.45, 7) is 5.56. The number of aromatic nitrogens is 1. The first-order valence-corrected chi connectivity index (χ1v) is 10.5. The third-order valence-corrected chi connectivity index (χ3v) is 5.27. The van der Waals surface area contributed by atoms with Gasteiger partial charge < -0.3 is 14.5 Å². The average molecular weight is 418 g/mol. The lowest BCUT2D eigenvalue weighted by Crippen LogP contribution is -2.34. The number of ether oxygens (including phenoxy) is 1. The van der Waals surface area contributed by atoms with Crippen LogP contribution in [-0.2, 0) is 16.0 Å². The maximum absolute atomic E-state index is 13.2.